The summed E-state index contributed by atoms with van der Waals surface area (Å²) in [6.45, 7) is 2.66. The molecule has 1 rings (SSSR count). The van der Waals surface area contributed by atoms with Crippen molar-refractivity contribution in [3.63, 3.8) is 0 Å². The van der Waals surface area contributed by atoms with Gasteiger partial charge in [0.05, 0.1) is 12.0 Å². The van der Waals surface area contributed by atoms with Crippen molar-refractivity contribution >= 4 is 16.1 Å². The molecule has 7 heteroatoms. The quantitative estimate of drug-likeness (QED) is 0.339. The Morgan fingerprint density at radius 3 is 1.85 bits per heavy atom. The first kappa shape index (κ1) is 24.6. The molecular weight excluding hydrogens is 354 g/mol. The number of benzene rings is 1. The molecule has 0 heterocycles. The lowest BCUT2D eigenvalue weighted by Crippen LogP contribution is -1.99. The minimum absolute atomic E-state index is 0.0666. The SMILES string of the molecule is COC(=O)CCCCCCCCCCN.Cc1ccc(S(=O)(=O)O)cc1. The molecule has 0 aliphatic heterocycles. The molecule has 6 nitrogen and oxygen atoms in total. The van der Waals surface area contributed by atoms with Crippen LogP contribution in [0, 0.1) is 6.92 Å². The van der Waals surface area contributed by atoms with Gasteiger partial charge in [-0.25, -0.2) is 0 Å². The summed E-state index contributed by atoms with van der Waals surface area (Å²) in [5.74, 6) is -0.0852. The third-order valence-corrected chi connectivity index (χ3v) is 4.75. The zero-order valence-corrected chi connectivity index (χ0v) is 16.8. The first-order valence-corrected chi connectivity index (χ1v) is 10.6. The van der Waals surface area contributed by atoms with E-state index >= 15 is 0 Å². The van der Waals surface area contributed by atoms with Crippen LogP contribution >= 0.6 is 0 Å². The van der Waals surface area contributed by atoms with Gasteiger partial charge in [0.25, 0.3) is 10.1 Å². The van der Waals surface area contributed by atoms with E-state index in [0.29, 0.717) is 6.42 Å². The molecule has 1 aromatic carbocycles. The van der Waals surface area contributed by atoms with Crippen LogP contribution in [0.15, 0.2) is 29.2 Å². The van der Waals surface area contributed by atoms with Crippen LogP contribution in [-0.2, 0) is 19.6 Å². The average Bonchev–Trinajstić information content (AvgIpc) is 2.60. The van der Waals surface area contributed by atoms with Gasteiger partial charge in [-0.3, -0.25) is 9.35 Å². The molecule has 3 N–H and O–H groups in total. The lowest BCUT2D eigenvalue weighted by molar-refractivity contribution is -0.140. The number of hydrogen-bond donors (Lipinski definition) is 2. The maximum atomic E-state index is 10.8. The summed E-state index contributed by atoms with van der Waals surface area (Å²) in [4.78, 5) is 10.7. The summed E-state index contributed by atoms with van der Waals surface area (Å²) in [6.07, 6.45) is 10.2. The third kappa shape index (κ3) is 13.8. The third-order valence-electron chi connectivity index (χ3n) is 3.88. The summed E-state index contributed by atoms with van der Waals surface area (Å²) < 4.78 is 34.1. The maximum Gasteiger partial charge on any atom is 0.305 e. The Morgan fingerprint density at radius 2 is 1.42 bits per heavy atom. The molecule has 0 spiro atoms. The van der Waals surface area contributed by atoms with Crippen LogP contribution < -0.4 is 5.73 Å². The number of nitrogens with two attached hydrogens (primary N) is 1. The van der Waals surface area contributed by atoms with E-state index in [-0.39, 0.29) is 10.9 Å². The first-order chi connectivity index (χ1) is 12.3. The number of ether oxygens (including phenoxy) is 1. The van der Waals surface area contributed by atoms with Crippen LogP contribution in [0.2, 0.25) is 0 Å². The molecule has 1 aromatic rings. The van der Waals surface area contributed by atoms with Gasteiger partial charge in [-0.05, 0) is 38.4 Å². The largest absolute Gasteiger partial charge is 0.469 e. The summed E-state index contributed by atoms with van der Waals surface area (Å²) in [5.41, 5.74) is 6.36. The predicted octanol–water partition coefficient (Wildman–Crippen LogP) is 3.87. The molecule has 0 aliphatic rings. The van der Waals surface area contributed by atoms with Crippen LogP contribution in [0.25, 0.3) is 0 Å². The molecule has 150 valence electrons. The van der Waals surface area contributed by atoms with Crippen LogP contribution in [0.1, 0.15) is 63.4 Å². The molecule has 0 amide bonds. The summed E-state index contributed by atoms with van der Waals surface area (Å²) in [7, 11) is -2.58. The Hall–Kier alpha value is -1.44. The number of carbonyl (C=O) groups excluding carboxylic acids is 1. The molecule has 0 saturated heterocycles. The van der Waals surface area contributed by atoms with Crippen molar-refractivity contribution in [3.8, 4) is 0 Å². The number of rotatable bonds is 11. The molecule has 26 heavy (non-hydrogen) atoms. The van der Waals surface area contributed by atoms with Crippen molar-refractivity contribution in [2.45, 2.75) is 69.6 Å². The number of carbonyl (C=O) groups is 1. The topological polar surface area (TPSA) is 107 Å². The molecule has 0 radical (unpaired) electrons. The van der Waals surface area contributed by atoms with Gasteiger partial charge in [-0.2, -0.15) is 8.42 Å². The maximum absolute atomic E-state index is 10.8. The second kappa shape index (κ2) is 14.7. The van der Waals surface area contributed by atoms with Crippen molar-refractivity contribution in [2.75, 3.05) is 13.7 Å². The number of unbranched alkanes of at least 4 members (excludes halogenated alkanes) is 7. The smallest absolute Gasteiger partial charge is 0.305 e. The highest BCUT2D eigenvalue weighted by molar-refractivity contribution is 7.85. The van der Waals surface area contributed by atoms with Gasteiger partial charge in [0.2, 0.25) is 0 Å². The lowest BCUT2D eigenvalue weighted by atomic mass is 10.1. The molecule has 0 saturated carbocycles. The van der Waals surface area contributed by atoms with E-state index in [1.54, 1.807) is 12.1 Å². The molecule has 0 unspecified atom stereocenters. The minimum Gasteiger partial charge on any atom is -0.469 e. The van der Waals surface area contributed by atoms with E-state index in [1.807, 2.05) is 6.92 Å². The Morgan fingerprint density at radius 1 is 0.962 bits per heavy atom. The predicted molar refractivity (Wildman–Crippen MR) is 104 cm³/mol. The fraction of sp³-hybridized carbons (Fsp3) is 0.632. The molecule has 0 aromatic heterocycles. The van der Waals surface area contributed by atoms with E-state index in [1.165, 1.54) is 51.3 Å². The van der Waals surface area contributed by atoms with Crippen LogP contribution in [0.4, 0.5) is 0 Å². The van der Waals surface area contributed by atoms with E-state index in [9.17, 15) is 13.2 Å². The van der Waals surface area contributed by atoms with E-state index in [4.69, 9.17) is 10.3 Å². The van der Waals surface area contributed by atoms with Gasteiger partial charge in [0, 0.05) is 6.42 Å². The zero-order valence-electron chi connectivity index (χ0n) is 15.9. The number of hydrogen-bond acceptors (Lipinski definition) is 5. The van der Waals surface area contributed by atoms with E-state index < -0.39 is 10.1 Å². The number of esters is 1. The first-order valence-electron chi connectivity index (χ1n) is 9.12. The van der Waals surface area contributed by atoms with Crippen molar-refractivity contribution in [3.05, 3.63) is 29.8 Å². The van der Waals surface area contributed by atoms with E-state index in [2.05, 4.69) is 4.74 Å². The summed E-state index contributed by atoms with van der Waals surface area (Å²) >= 11 is 0. The second-order valence-corrected chi connectivity index (χ2v) is 7.65. The van der Waals surface area contributed by atoms with Crippen molar-refractivity contribution in [1.29, 1.82) is 0 Å². The standard InChI is InChI=1S/C12H25NO2.C7H8O3S/c1-15-12(14)10-8-6-4-2-3-5-7-9-11-13;1-6-2-4-7(5-3-6)11(8,9)10/h2-11,13H2,1H3;2-5H,1H3,(H,8,9,10). The molecule has 0 atom stereocenters. The fourth-order valence-corrected chi connectivity index (χ4v) is 2.77. The van der Waals surface area contributed by atoms with Crippen molar-refractivity contribution in [2.24, 2.45) is 5.73 Å². The summed E-state index contributed by atoms with van der Waals surface area (Å²) in [6, 6.07) is 5.99. The lowest BCUT2D eigenvalue weighted by Gasteiger charge is -2.01. The highest BCUT2D eigenvalue weighted by Gasteiger charge is 2.06. The minimum atomic E-state index is -4.02. The summed E-state index contributed by atoms with van der Waals surface area (Å²) in [5, 5.41) is 0. The van der Waals surface area contributed by atoms with Gasteiger partial charge >= 0.3 is 5.97 Å². The Bertz CT molecular complexity index is 584. The average molecular weight is 388 g/mol. The molecule has 0 aliphatic carbocycles. The number of aryl methyl sites for hydroxylation is 1. The Balaban J connectivity index is 0.000000502. The highest BCUT2D eigenvalue weighted by Crippen LogP contribution is 2.10. The van der Waals surface area contributed by atoms with Gasteiger partial charge in [0.15, 0.2) is 0 Å². The second-order valence-electron chi connectivity index (χ2n) is 6.23. The Labute approximate surface area is 157 Å². The Kier molecular flexibility index (Phi) is 13.9. The number of methoxy groups -OCH3 is 1. The van der Waals surface area contributed by atoms with Gasteiger partial charge in [-0.1, -0.05) is 56.2 Å². The van der Waals surface area contributed by atoms with Crippen LogP contribution in [0.3, 0.4) is 0 Å². The zero-order chi connectivity index (χ0) is 19.8. The van der Waals surface area contributed by atoms with Gasteiger partial charge in [0.1, 0.15) is 0 Å². The fourth-order valence-electron chi connectivity index (χ4n) is 2.29. The van der Waals surface area contributed by atoms with Crippen LogP contribution in [0.5, 0.6) is 0 Å². The monoisotopic (exact) mass is 387 g/mol. The molecular formula is C19H33NO5S. The molecule has 0 fully saturated rings. The highest BCUT2D eigenvalue weighted by atomic mass is 32.2. The van der Waals surface area contributed by atoms with Gasteiger partial charge in [-0.15, -0.1) is 0 Å². The van der Waals surface area contributed by atoms with Crippen molar-refractivity contribution in [1.82, 2.24) is 0 Å². The van der Waals surface area contributed by atoms with Crippen molar-refractivity contribution < 1.29 is 22.5 Å². The normalized spacial score (nSPS) is 10.8. The van der Waals surface area contributed by atoms with Crippen LogP contribution in [-0.4, -0.2) is 32.6 Å². The molecule has 0 bridgehead atoms. The van der Waals surface area contributed by atoms with Gasteiger partial charge < -0.3 is 10.5 Å². The van der Waals surface area contributed by atoms with E-state index in [0.717, 1.165) is 31.4 Å².